The van der Waals surface area contributed by atoms with Gasteiger partial charge < -0.3 is 24.6 Å². The summed E-state index contributed by atoms with van der Waals surface area (Å²) < 4.78 is 10.8. The maximum Gasteiger partial charge on any atom is 0.410 e. The second-order valence-corrected chi connectivity index (χ2v) is 10.1. The van der Waals surface area contributed by atoms with E-state index in [0.717, 1.165) is 18.6 Å². The smallest absolute Gasteiger partial charge is 0.410 e. The van der Waals surface area contributed by atoms with E-state index in [0.29, 0.717) is 37.4 Å². The van der Waals surface area contributed by atoms with Crippen LogP contribution in [0.2, 0.25) is 0 Å². The number of nitrogens with one attached hydrogen (secondary N) is 1. The van der Waals surface area contributed by atoms with E-state index in [2.05, 4.69) is 10.5 Å². The first kappa shape index (κ1) is 23.8. The summed E-state index contributed by atoms with van der Waals surface area (Å²) in [6.45, 7) is 6.46. The highest BCUT2D eigenvalue weighted by atomic mass is 16.6. The number of nitrogens with zero attached hydrogens (tertiary/aromatic N) is 2. The van der Waals surface area contributed by atoms with Crippen molar-refractivity contribution in [3.8, 4) is 0 Å². The van der Waals surface area contributed by atoms with E-state index >= 15 is 0 Å². The van der Waals surface area contributed by atoms with Crippen LogP contribution in [0, 0.1) is 5.92 Å². The van der Waals surface area contributed by atoms with Crippen LogP contribution in [0.15, 0.2) is 34.9 Å². The molecule has 1 aromatic heterocycles. The number of amides is 2. The zero-order valence-electron chi connectivity index (χ0n) is 19.7. The number of likely N-dealkylation sites (tertiary alicyclic amines) is 1. The minimum Gasteiger partial charge on any atom is -0.478 e. The molecule has 2 aliphatic rings. The number of carbonyl (C=O) groups is 3. The SMILES string of the molecule is CC(C)(C)OC(=O)N1CCC(C(NC(=O)c2cc(C3CC3)on2)c2cccc(C(=O)O)c2)CC1. The molecule has 9 heteroatoms. The van der Waals surface area contributed by atoms with E-state index in [1.54, 1.807) is 23.1 Å². The number of ether oxygens (including phenoxy) is 1. The Morgan fingerprint density at radius 3 is 2.47 bits per heavy atom. The van der Waals surface area contributed by atoms with E-state index in [9.17, 15) is 19.5 Å². The van der Waals surface area contributed by atoms with E-state index in [1.807, 2.05) is 26.8 Å². The molecule has 1 atom stereocenters. The third-order valence-electron chi connectivity index (χ3n) is 6.18. The molecule has 182 valence electrons. The van der Waals surface area contributed by atoms with Crippen LogP contribution in [0.3, 0.4) is 0 Å². The van der Waals surface area contributed by atoms with Crippen LogP contribution in [0.4, 0.5) is 4.79 Å². The van der Waals surface area contributed by atoms with Crippen LogP contribution >= 0.6 is 0 Å². The molecule has 34 heavy (non-hydrogen) atoms. The molecule has 1 unspecified atom stereocenters. The first-order valence-corrected chi connectivity index (χ1v) is 11.7. The molecular weight excluding hydrogens is 438 g/mol. The van der Waals surface area contributed by atoms with Gasteiger partial charge in [0.2, 0.25) is 0 Å². The summed E-state index contributed by atoms with van der Waals surface area (Å²) in [5.41, 5.74) is 0.501. The average Bonchev–Trinajstić information content (AvgIpc) is 3.52. The number of rotatable bonds is 6. The lowest BCUT2D eigenvalue weighted by atomic mass is 9.84. The Kier molecular flexibility index (Phi) is 6.63. The third kappa shape index (κ3) is 5.76. The molecule has 1 aliphatic carbocycles. The van der Waals surface area contributed by atoms with E-state index < -0.39 is 17.6 Å². The number of piperidine rings is 1. The van der Waals surface area contributed by atoms with Gasteiger partial charge in [0, 0.05) is 25.1 Å². The Morgan fingerprint density at radius 2 is 1.85 bits per heavy atom. The van der Waals surface area contributed by atoms with Crippen molar-refractivity contribution in [2.45, 2.75) is 64.0 Å². The molecule has 2 N–H and O–H groups in total. The minimum atomic E-state index is -1.03. The quantitative estimate of drug-likeness (QED) is 0.644. The van der Waals surface area contributed by atoms with Gasteiger partial charge in [-0.05, 0) is 70.1 Å². The van der Waals surface area contributed by atoms with Gasteiger partial charge in [0.25, 0.3) is 5.91 Å². The minimum absolute atomic E-state index is 0.00138. The Balaban J connectivity index is 1.51. The molecule has 2 aromatic rings. The fourth-order valence-corrected chi connectivity index (χ4v) is 4.25. The van der Waals surface area contributed by atoms with Crippen molar-refractivity contribution < 1.29 is 28.8 Å². The Morgan fingerprint density at radius 1 is 1.15 bits per heavy atom. The number of hydrogen-bond acceptors (Lipinski definition) is 6. The van der Waals surface area contributed by atoms with Crippen LogP contribution in [-0.2, 0) is 4.74 Å². The Bertz CT molecular complexity index is 1060. The largest absolute Gasteiger partial charge is 0.478 e. The third-order valence-corrected chi connectivity index (χ3v) is 6.18. The zero-order valence-corrected chi connectivity index (χ0v) is 19.7. The Labute approximate surface area is 198 Å². The van der Waals surface area contributed by atoms with Gasteiger partial charge in [0.15, 0.2) is 5.69 Å². The molecule has 0 radical (unpaired) electrons. The summed E-state index contributed by atoms with van der Waals surface area (Å²) in [5, 5.41) is 16.4. The molecule has 0 bridgehead atoms. The molecule has 2 amide bonds. The molecule has 1 saturated heterocycles. The molecule has 1 saturated carbocycles. The van der Waals surface area contributed by atoms with Gasteiger partial charge in [-0.25, -0.2) is 9.59 Å². The first-order valence-electron chi connectivity index (χ1n) is 11.7. The molecule has 1 aliphatic heterocycles. The van der Waals surface area contributed by atoms with Gasteiger partial charge in [-0.1, -0.05) is 17.3 Å². The predicted octanol–water partition coefficient (Wildman–Crippen LogP) is 4.37. The van der Waals surface area contributed by atoms with Gasteiger partial charge in [-0.3, -0.25) is 4.79 Å². The topological polar surface area (TPSA) is 122 Å². The normalized spacial score (nSPS) is 17.8. The van der Waals surface area contributed by atoms with Crippen LogP contribution in [0.1, 0.15) is 90.6 Å². The van der Waals surface area contributed by atoms with Gasteiger partial charge in [0.1, 0.15) is 11.4 Å². The lowest BCUT2D eigenvalue weighted by molar-refractivity contribution is 0.0167. The molecular formula is C25H31N3O6. The van der Waals surface area contributed by atoms with E-state index in [-0.39, 0.29) is 29.2 Å². The van der Waals surface area contributed by atoms with Gasteiger partial charge >= 0.3 is 12.1 Å². The molecule has 4 rings (SSSR count). The maximum atomic E-state index is 13.0. The van der Waals surface area contributed by atoms with E-state index in [1.165, 1.54) is 6.07 Å². The summed E-state index contributed by atoms with van der Waals surface area (Å²) >= 11 is 0. The highest BCUT2D eigenvalue weighted by molar-refractivity contribution is 5.92. The maximum absolute atomic E-state index is 13.0. The van der Waals surface area contributed by atoms with Crippen molar-refractivity contribution in [3.05, 3.63) is 52.9 Å². The number of carboxylic acid groups (broad SMARTS) is 1. The fraction of sp³-hybridized carbons (Fsp3) is 0.520. The lowest BCUT2D eigenvalue weighted by Crippen LogP contribution is -2.44. The summed E-state index contributed by atoms with van der Waals surface area (Å²) in [7, 11) is 0. The molecule has 2 heterocycles. The van der Waals surface area contributed by atoms with Gasteiger partial charge in [0.05, 0.1) is 11.6 Å². The van der Waals surface area contributed by atoms with Gasteiger partial charge in [-0.2, -0.15) is 0 Å². The number of aromatic nitrogens is 1. The number of benzene rings is 1. The van der Waals surface area contributed by atoms with Crippen molar-refractivity contribution in [2.24, 2.45) is 5.92 Å². The van der Waals surface area contributed by atoms with Crippen LogP contribution < -0.4 is 5.32 Å². The second kappa shape index (κ2) is 9.48. The molecule has 0 spiro atoms. The molecule has 9 nitrogen and oxygen atoms in total. The van der Waals surface area contributed by atoms with Crippen LogP contribution in [0.5, 0.6) is 0 Å². The summed E-state index contributed by atoms with van der Waals surface area (Å²) in [6, 6.07) is 7.85. The van der Waals surface area contributed by atoms with Crippen LogP contribution in [0.25, 0.3) is 0 Å². The van der Waals surface area contributed by atoms with Crippen molar-refractivity contribution in [1.29, 1.82) is 0 Å². The molecule has 2 fully saturated rings. The van der Waals surface area contributed by atoms with Crippen molar-refractivity contribution >= 4 is 18.0 Å². The summed E-state index contributed by atoms with van der Waals surface area (Å²) in [6.07, 6.45) is 2.99. The standard InChI is InChI=1S/C25H31N3O6/c1-25(2,3)33-24(32)28-11-9-16(10-12-28)21(17-5-4-6-18(13-17)23(30)31)26-22(29)19-14-20(34-27-19)15-7-8-15/h4-6,13-16,21H,7-12H2,1-3H3,(H,26,29)(H,30,31). The predicted molar refractivity (Wildman–Crippen MR) is 123 cm³/mol. The van der Waals surface area contributed by atoms with E-state index in [4.69, 9.17) is 9.26 Å². The number of hydrogen-bond donors (Lipinski definition) is 2. The average molecular weight is 470 g/mol. The van der Waals surface area contributed by atoms with Crippen molar-refractivity contribution in [3.63, 3.8) is 0 Å². The Hall–Kier alpha value is -3.36. The van der Waals surface area contributed by atoms with Gasteiger partial charge in [-0.15, -0.1) is 0 Å². The monoisotopic (exact) mass is 469 g/mol. The zero-order chi connectivity index (χ0) is 24.5. The summed E-state index contributed by atoms with van der Waals surface area (Å²) in [4.78, 5) is 38.7. The summed E-state index contributed by atoms with van der Waals surface area (Å²) in [5.74, 6) is -0.329. The van der Waals surface area contributed by atoms with Crippen molar-refractivity contribution in [2.75, 3.05) is 13.1 Å². The first-order chi connectivity index (χ1) is 16.1. The van der Waals surface area contributed by atoms with Crippen LogP contribution in [-0.4, -0.2) is 51.8 Å². The highest BCUT2D eigenvalue weighted by Gasteiger charge is 2.34. The number of aromatic carboxylic acids is 1. The second-order valence-electron chi connectivity index (χ2n) is 10.1. The number of carboxylic acids is 1. The lowest BCUT2D eigenvalue weighted by Gasteiger charge is -2.37. The number of carbonyl (C=O) groups excluding carboxylic acids is 2. The fourth-order valence-electron chi connectivity index (χ4n) is 4.25. The highest BCUT2D eigenvalue weighted by Crippen LogP contribution is 2.40. The molecule has 1 aromatic carbocycles. The van der Waals surface area contributed by atoms with Crippen molar-refractivity contribution in [1.82, 2.24) is 15.4 Å².